The zero-order chi connectivity index (χ0) is 13.5. The van der Waals surface area contributed by atoms with E-state index in [1.807, 2.05) is 13.8 Å². The summed E-state index contributed by atoms with van der Waals surface area (Å²) in [4.78, 5) is 12.8. The van der Waals surface area contributed by atoms with Crippen LogP contribution in [0.2, 0.25) is 0 Å². The van der Waals surface area contributed by atoms with E-state index in [9.17, 15) is 9.90 Å². The molecule has 0 amide bonds. The Bertz CT molecular complexity index is 445. The van der Waals surface area contributed by atoms with E-state index in [0.29, 0.717) is 17.6 Å². The molecule has 4 bridgehead atoms. The van der Waals surface area contributed by atoms with Crippen molar-refractivity contribution in [2.24, 2.45) is 28.6 Å². The van der Waals surface area contributed by atoms with E-state index < -0.39 is 5.60 Å². The smallest absolute Gasteiger partial charge is 0.145 e. The number of hydrogen-bond donors (Lipinski definition) is 1. The Kier molecular flexibility index (Phi) is 2.13. The topological polar surface area (TPSA) is 37.3 Å². The zero-order valence-electron chi connectivity index (χ0n) is 11.9. The van der Waals surface area contributed by atoms with E-state index in [0.717, 1.165) is 19.3 Å². The van der Waals surface area contributed by atoms with Crippen molar-refractivity contribution in [3.63, 3.8) is 0 Å². The average molecular weight is 248 g/mol. The summed E-state index contributed by atoms with van der Waals surface area (Å²) in [6.07, 6.45) is 2.64. The maximum atomic E-state index is 12.8. The maximum Gasteiger partial charge on any atom is 0.145 e. The van der Waals surface area contributed by atoms with Crippen LogP contribution in [0.1, 0.15) is 47.0 Å². The molecule has 0 spiro atoms. The minimum Gasteiger partial charge on any atom is -0.390 e. The van der Waals surface area contributed by atoms with Crippen LogP contribution in [0.15, 0.2) is 12.2 Å². The van der Waals surface area contributed by atoms with E-state index in [2.05, 4.69) is 20.4 Å². The highest BCUT2D eigenvalue weighted by Gasteiger charge is 2.69. The Labute approximate surface area is 109 Å². The lowest BCUT2D eigenvalue weighted by Crippen LogP contribution is -2.54. The molecular weight excluding hydrogens is 224 g/mol. The highest BCUT2D eigenvalue weighted by molar-refractivity contribution is 5.93. The van der Waals surface area contributed by atoms with Gasteiger partial charge in [-0.15, -0.1) is 0 Å². The lowest BCUT2D eigenvalue weighted by molar-refractivity contribution is -0.149. The lowest BCUT2D eigenvalue weighted by Gasteiger charge is -2.54. The van der Waals surface area contributed by atoms with E-state index in [1.165, 1.54) is 5.57 Å². The van der Waals surface area contributed by atoms with Crippen LogP contribution in [-0.4, -0.2) is 16.5 Å². The van der Waals surface area contributed by atoms with Crippen LogP contribution in [0.5, 0.6) is 0 Å². The SMILES string of the molecule is C=C1C[C@@]2(C)CC3[C@H](C(C)(C)O)C[C@](C)(C2=O)[C@H]13. The molecule has 0 radical (unpaired) electrons. The Morgan fingerprint density at radius 1 is 1.33 bits per heavy atom. The quantitative estimate of drug-likeness (QED) is 0.724. The molecule has 4 aliphatic carbocycles. The summed E-state index contributed by atoms with van der Waals surface area (Å²) in [7, 11) is 0. The summed E-state index contributed by atoms with van der Waals surface area (Å²) in [5.41, 5.74) is 0.0785. The first-order valence-corrected chi connectivity index (χ1v) is 7.04. The molecule has 100 valence electrons. The highest BCUT2D eigenvalue weighted by atomic mass is 16.3. The minimum absolute atomic E-state index is 0.217. The molecule has 4 rings (SSSR count). The van der Waals surface area contributed by atoms with Gasteiger partial charge in [-0.05, 0) is 50.9 Å². The monoisotopic (exact) mass is 248 g/mol. The van der Waals surface area contributed by atoms with Crippen molar-refractivity contribution in [3.05, 3.63) is 12.2 Å². The predicted molar refractivity (Wildman–Crippen MR) is 71.0 cm³/mol. The van der Waals surface area contributed by atoms with Gasteiger partial charge in [0.25, 0.3) is 0 Å². The van der Waals surface area contributed by atoms with Crippen LogP contribution in [0, 0.1) is 28.6 Å². The van der Waals surface area contributed by atoms with Crippen LogP contribution in [-0.2, 0) is 4.79 Å². The number of ketones is 1. The number of fused-ring (bicyclic) bond motifs is 1. The first-order valence-electron chi connectivity index (χ1n) is 7.04. The van der Waals surface area contributed by atoms with Gasteiger partial charge < -0.3 is 5.11 Å². The van der Waals surface area contributed by atoms with Gasteiger partial charge in [0.1, 0.15) is 5.78 Å². The van der Waals surface area contributed by atoms with Crippen molar-refractivity contribution in [1.82, 2.24) is 0 Å². The van der Waals surface area contributed by atoms with Gasteiger partial charge in [0.2, 0.25) is 0 Å². The summed E-state index contributed by atoms with van der Waals surface area (Å²) in [5.74, 6) is 1.41. The number of carbonyl (C=O) groups excluding carboxylic acids is 1. The second-order valence-corrected chi connectivity index (χ2v) is 7.95. The van der Waals surface area contributed by atoms with Gasteiger partial charge in [-0.2, -0.15) is 0 Å². The third kappa shape index (κ3) is 1.25. The Balaban J connectivity index is 2.12. The standard InChI is InChI=1S/C16H24O2/c1-9-6-15(4)7-10-11(14(2,3)18)8-16(5,12(9)10)13(15)17/h10-12,18H,1,6-8H2,2-5H3/t10?,11-,12-,15+,16+/m1/s1. The van der Waals surface area contributed by atoms with Crippen molar-refractivity contribution in [2.75, 3.05) is 0 Å². The van der Waals surface area contributed by atoms with Crippen molar-refractivity contribution < 1.29 is 9.90 Å². The lowest BCUT2D eigenvalue weighted by atomic mass is 9.48. The predicted octanol–water partition coefficient (Wildman–Crippen LogP) is 2.95. The molecule has 0 heterocycles. The Hall–Kier alpha value is -0.630. The number of carbonyl (C=O) groups is 1. The van der Waals surface area contributed by atoms with Gasteiger partial charge in [0, 0.05) is 10.8 Å². The largest absolute Gasteiger partial charge is 0.390 e. The van der Waals surface area contributed by atoms with Gasteiger partial charge in [0.05, 0.1) is 5.60 Å². The van der Waals surface area contributed by atoms with Crippen LogP contribution in [0.4, 0.5) is 0 Å². The fraction of sp³-hybridized carbons (Fsp3) is 0.812. The summed E-state index contributed by atoms with van der Waals surface area (Å²) in [6, 6.07) is 0. The first kappa shape index (κ1) is 12.4. The number of Topliss-reactive ketones (excluding diaryl/α,β-unsaturated/α-hetero) is 1. The van der Waals surface area contributed by atoms with Crippen LogP contribution < -0.4 is 0 Å². The van der Waals surface area contributed by atoms with E-state index in [-0.39, 0.29) is 16.7 Å². The summed E-state index contributed by atoms with van der Waals surface area (Å²) >= 11 is 0. The van der Waals surface area contributed by atoms with Gasteiger partial charge in [0.15, 0.2) is 0 Å². The molecule has 1 N–H and O–H groups in total. The molecule has 0 aromatic heterocycles. The van der Waals surface area contributed by atoms with Crippen LogP contribution in [0.25, 0.3) is 0 Å². The van der Waals surface area contributed by atoms with E-state index >= 15 is 0 Å². The zero-order valence-corrected chi connectivity index (χ0v) is 11.9. The summed E-state index contributed by atoms with van der Waals surface area (Å²) in [5, 5.41) is 10.4. The van der Waals surface area contributed by atoms with Gasteiger partial charge in [-0.25, -0.2) is 0 Å². The number of allylic oxidation sites excluding steroid dienone is 1. The highest BCUT2D eigenvalue weighted by Crippen LogP contribution is 2.69. The Morgan fingerprint density at radius 3 is 2.50 bits per heavy atom. The fourth-order valence-corrected chi connectivity index (χ4v) is 5.53. The molecule has 5 atom stereocenters. The molecule has 2 heteroatoms. The molecule has 0 aliphatic heterocycles. The van der Waals surface area contributed by atoms with E-state index in [1.54, 1.807) is 0 Å². The number of hydrogen-bond acceptors (Lipinski definition) is 2. The Morgan fingerprint density at radius 2 is 1.94 bits per heavy atom. The number of rotatable bonds is 1. The van der Waals surface area contributed by atoms with Crippen LogP contribution >= 0.6 is 0 Å². The molecule has 0 aromatic carbocycles. The maximum absolute atomic E-state index is 12.8. The van der Waals surface area contributed by atoms with Crippen LogP contribution in [0.3, 0.4) is 0 Å². The molecule has 4 saturated carbocycles. The van der Waals surface area contributed by atoms with Crippen molar-refractivity contribution in [1.29, 1.82) is 0 Å². The summed E-state index contributed by atoms with van der Waals surface area (Å²) in [6.45, 7) is 12.2. The van der Waals surface area contributed by atoms with Crippen molar-refractivity contribution >= 4 is 5.78 Å². The molecule has 2 nitrogen and oxygen atoms in total. The fourth-order valence-electron chi connectivity index (χ4n) is 5.53. The second kappa shape index (κ2) is 3.09. The molecule has 18 heavy (non-hydrogen) atoms. The molecule has 0 saturated heterocycles. The average Bonchev–Trinajstić information content (AvgIpc) is 2.47. The summed E-state index contributed by atoms with van der Waals surface area (Å²) < 4.78 is 0. The third-order valence-electron chi connectivity index (χ3n) is 5.99. The molecule has 1 unspecified atom stereocenters. The van der Waals surface area contributed by atoms with Gasteiger partial charge >= 0.3 is 0 Å². The van der Waals surface area contributed by atoms with Crippen molar-refractivity contribution in [2.45, 2.75) is 52.6 Å². The molecular formula is C16H24O2. The van der Waals surface area contributed by atoms with Crippen molar-refractivity contribution in [3.8, 4) is 0 Å². The van der Waals surface area contributed by atoms with Gasteiger partial charge in [-0.3, -0.25) is 4.79 Å². The minimum atomic E-state index is -0.691. The van der Waals surface area contributed by atoms with E-state index in [4.69, 9.17) is 0 Å². The third-order valence-corrected chi connectivity index (χ3v) is 5.99. The normalized spacial score (nSPS) is 51.1. The molecule has 4 fully saturated rings. The second-order valence-electron chi connectivity index (χ2n) is 7.95. The number of aliphatic hydroxyl groups is 1. The molecule has 4 aliphatic rings. The first-order chi connectivity index (χ1) is 8.09. The molecule has 0 aromatic rings. The van der Waals surface area contributed by atoms with Gasteiger partial charge in [-0.1, -0.05) is 26.0 Å².